The van der Waals surface area contributed by atoms with E-state index in [0.29, 0.717) is 16.9 Å². The van der Waals surface area contributed by atoms with Crippen LogP contribution in [-0.2, 0) is 6.54 Å². The maximum Gasteiger partial charge on any atom is 0.142 e. The standard InChI is InChI=1S/C17H26N2O/c1-16(2)13-5-7-17(16,3)15(9-13)20-14-11-19-8-6-12(14)10-18-4/h6,8,11,13,15,18H,5,7,9-10H2,1-4H3. The minimum absolute atomic E-state index is 0.296. The summed E-state index contributed by atoms with van der Waals surface area (Å²) in [7, 11) is 1.96. The lowest BCUT2D eigenvalue weighted by Gasteiger charge is -2.39. The fourth-order valence-corrected chi connectivity index (χ4v) is 4.31. The van der Waals surface area contributed by atoms with Crippen LogP contribution in [-0.4, -0.2) is 18.1 Å². The molecule has 0 saturated heterocycles. The average Bonchev–Trinajstić information content (AvgIpc) is 2.74. The zero-order chi connectivity index (χ0) is 14.4. The molecule has 2 saturated carbocycles. The van der Waals surface area contributed by atoms with Crippen LogP contribution in [0.5, 0.6) is 5.75 Å². The number of pyridine rings is 1. The second-order valence-corrected chi connectivity index (χ2v) is 7.23. The van der Waals surface area contributed by atoms with Crippen LogP contribution < -0.4 is 10.1 Å². The Hall–Kier alpha value is -1.09. The highest BCUT2D eigenvalue weighted by molar-refractivity contribution is 5.30. The number of fused-ring (bicyclic) bond motifs is 2. The second kappa shape index (κ2) is 4.73. The average molecular weight is 274 g/mol. The Morgan fingerprint density at radius 2 is 2.20 bits per heavy atom. The predicted octanol–water partition coefficient (Wildman–Crippen LogP) is 3.39. The van der Waals surface area contributed by atoms with Crippen molar-refractivity contribution in [2.75, 3.05) is 7.05 Å². The van der Waals surface area contributed by atoms with E-state index in [4.69, 9.17) is 4.74 Å². The minimum Gasteiger partial charge on any atom is -0.488 e. The summed E-state index contributed by atoms with van der Waals surface area (Å²) >= 11 is 0. The Morgan fingerprint density at radius 3 is 2.80 bits per heavy atom. The first-order chi connectivity index (χ1) is 9.49. The van der Waals surface area contributed by atoms with Crippen molar-refractivity contribution in [3.8, 4) is 5.75 Å². The lowest BCUT2D eigenvalue weighted by molar-refractivity contribution is 0.0293. The van der Waals surface area contributed by atoms with Crippen molar-refractivity contribution in [1.82, 2.24) is 10.3 Å². The van der Waals surface area contributed by atoms with E-state index in [1.807, 2.05) is 25.5 Å². The van der Waals surface area contributed by atoms with Gasteiger partial charge in [0, 0.05) is 23.7 Å². The number of hydrogen-bond acceptors (Lipinski definition) is 3. The molecule has 2 aliphatic rings. The summed E-state index contributed by atoms with van der Waals surface area (Å²) in [6.07, 6.45) is 7.88. The maximum absolute atomic E-state index is 6.43. The van der Waals surface area contributed by atoms with Crippen molar-refractivity contribution in [3.05, 3.63) is 24.0 Å². The normalized spacial score (nSPS) is 34.4. The molecule has 2 aliphatic carbocycles. The molecule has 20 heavy (non-hydrogen) atoms. The van der Waals surface area contributed by atoms with E-state index in [0.717, 1.165) is 18.2 Å². The Kier molecular flexibility index (Phi) is 3.28. The molecule has 110 valence electrons. The number of nitrogens with one attached hydrogen (secondary N) is 1. The van der Waals surface area contributed by atoms with Crippen LogP contribution in [0.1, 0.15) is 45.6 Å². The number of ether oxygens (including phenoxy) is 1. The molecule has 3 atom stereocenters. The van der Waals surface area contributed by atoms with Gasteiger partial charge in [0.15, 0.2) is 0 Å². The Balaban J connectivity index is 1.83. The van der Waals surface area contributed by atoms with Crippen LogP contribution in [0, 0.1) is 16.7 Å². The fourth-order valence-electron chi connectivity index (χ4n) is 4.31. The second-order valence-electron chi connectivity index (χ2n) is 7.23. The molecular formula is C17H26N2O. The molecule has 3 unspecified atom stereocenters. The monoisotopic (exact) mass is 274 g/mol. The maximum atomic E-state index is 6.43. The van der Waals surface area contributed by atoms with Crippen molar-refractivity contribution < 1.29 is 4.74 Å². The van der Waals surface area contributed by atoms with Gasteiger partial charge in [-0.3, -0.25) is 4.98 Å². The van der Waals surface area contributed by atoms with E-state index < -0.39 is 0 Å². The molecule has 1 N–H and O–H groups in total. The third kappa shape index (κ3) is 1.86. The van der Waals surface area contributed by atoms with Crippen molar-refractivity contribution in [2.24, 2.45) is 16.7 Å². The molecule has 3 rings (SSSR count). The first-order valence-electron chi connectivity index (χ1n) is 7.73. The first-order valence-corrected chi connectivity index (χ1v) is 7.73. The lowest BCUT2D eigenvalue weighted by Crippen LogP contribution is -2.39. The van der Waals surface area contributed by atoms with Crippen LogP contribution >= 0.6 is 0 Å². The molecule has 0 spiro atoms. The predicted molar refractivity (Wildman–Crippen MR) is 80.6 cm³/mol. The molecule has 0 amide bonds. The van der Waals surface area contributed by atoms with Gasteiger partial charge in [0.05, 0.1) is 6.20 Å². The van der Waals surface area contributed by atoms with Crippen molar-refractivity contribution in [1.29, 1.82) is 0 Å². The van der Waals surface area contributed by atoms with E-state index in [2.05, 4.69) is 31.1 Å². The summed E-state index contributed by atoms with van der Waals surface area (Å²) in [4.78, 5) is 4.24. The topological polar surface area (TPSA) is 34.2 Å². The van der Waals surface area contributed by atoms with Crippen molar-refractivity contribution in [3.63, 3.8) is 0 Å². The van der Waals surface area contributed by atoms with E-state index in [-0.39, 0.29) is 0 Å². The summed E-state index contributed by atoms with van der Waals surface area (Å²) in [5, 5.41) is 3.20. The molecule has 1 heterocycles. The molecular weight excluding hydrogens is 248 g/mol. The van der Waals surface area contributed by atoms with Crippen molar-refractivity contribution in [2.45, 2.75) is 52.7 Å². The number of aromatic nitrogens is 1. The molecule has 1 aromatic heterocycles. The van der Waals surface area contributed by atoms with Gasteiger partial charge in [0.25, 0.3) is 0 Å². The lowest BCUT2D eigenvalue weighted by atomic mass is 9.70. The first kappa shape index (κ1) is 13.9. The van der Waals surface area contributed by atoms with Crippen LogP contribution in [0.4, 0.5) is 0 Å². The van der Waals surface area contributed by atoms with Gasteiger partial charge in [0.2, 0.25) is 0 Å². The quantitative estimate of drug-likeness (QED) is 0.914. The summed E-state index contributed by atoms with van der Waals surface area (Å²) in [5.74, 6) is 1.76. The molecule has 2 fully saturated rings. The van der Waals surface area contributed by atoms with Gasteiger partial charge in [-0.25, -0.2) is 0 Å². The number of hydrogen-bond donors (Lipinski definition) is 1. The highest BCUT2D eigenvalue weighted by atomic mass is 16.5. The van der Waals surface area contributed by atoms with Gasteiger partial charge < -0.3 is 10.1 Å². The highest BCUT2D eigenvalue weighted by Crippen LogP contribution is 2.66. The summed E-state index contributed by atoms with van der Waals surface area (Å²) in [5.41, 5.74) is 1.89. The third-order valence-electron chi connectivity index (χ3n) is 6.22. The van der Waals surface area contributed by atoms with Crippen LogP contribution in [0.2, 0.25) is 0 Å². The largest absolute Gasteiger partial charge is 0.488 e. The minimum atomic E-state index is 0.296. The molecule has 3 heteroatoms. The van der Waals surface area contributed by atoms with Gasteiger partial charge in [0.1, 0.15) is 11.9 Å². The smallest absolute Gasteiger partial charge is 0.142 e. The van der Waals surface area contributed by atoms with Gasteiger partial charge in [-0.1, -0.05) is 20.8 Å². The van der Waals surface area contributed by atoms with Crippen molar-refractivity contribution >= 4 is 0 Å². The van der Waals surface area contributed by atoms with Gasteiger partial charge in [-0.15, -0.1) is 0 Å². The van der Waals surface area contributed by atoms with Gasteiger partial charge in [-0.2, -0.15) is 0 Å². The summed E-state index contributed by atoms with van der Waals surface area (Å²) in [6.45, 7) is 8.09. The Bertz CT molecular complexity index is 500. The van der Waals surface area contributed by atoms with E-state index in [1.165, 1.54) is 24.8 Å². The van der Waals surface area contributed by atoms with Gasteiger partial charge >= 0.3 is 0 Å². The molecule has 3 nitrogen and oxygen atoms in total. The molecule has 0 radical (unpaired) electrons. The molecule has 0 aliphatic heterocycles. The van der Waals surface area contributed by atoms with Crippen LogP contribution in [0.25, 0.3) is 0 Å². The van der Waals surface area contributed by atoms with Crippen LogP contribution in [0.15, 0.2) is 18.5 Å². The van der Waals surface area contributed by atoms with Crippen LogP contribution in [0.3, 0.4) is 0 Å². The van der Waals surface area contributed by atoms with Gasteiger partial charge in [-0.05, 0) is 43.7 Å². The third-order valence-corrected chi connectivity index (χ3v) is 6.22. The van der Waals surface area contributed by atoms with E-state index >= 15 is 0 Å². The highest BCUT2D eigenvalue weighted by Gasteiger charge is 2.62. The molecule has 1 aromatic rings. The fraction of sp³-hybridized carbons (Fsp3) is 0.706. The Labute approximate surface area is 122 Å². The zero-order valence-electron chi connectivity index (χ0n) is 13.1. The van der Waals surface area contributed by atoms with E-state index in [9.17, 15) is 0 Å². The summed E-state index contributed by atoms with van der Waals surface area (Å²) < 4.78 is 6.43. The molecule has 0 aromatic carbocycles. The molecule has 2 bridgehead atoms. The number of rotatable bonds is 4. The van der Waals surface area contributed by atoms with E-state index in [1.54, 1.807) is 0 Å². The Morgan fingerprint density at radius 1 is 1.40 bits per heavy atom. The zero-order valence-corrected chi connectivity index (χ0v) is 13.1. The summed E-state index contributed by atoms with van der Waals surface area (Å²) in [6, 6.07) is 2.05. The SMILES string of the molecule is CNCc1ccncc1OC1CC2CCC1(C)C2(C)C. The number of nitrogens with zero attached hydrogens (tertiary/aromatic N) is 1.